The van der Waals surface area contributed by atoms with E-state index in [1.54, 1.807) is 6.07 Å². The number of carbonyl (C=O) groups excluding carboxylic acids is 1. The van der Waals surface area contributed by atoms with Gasteiger partial charge >= 0.3 is 5.69 Å². The molecular formula is C25H28ClN3O2. The summed E-state index contributed by atoms with van der Waals surface area (Å²) in [7, 11) is 0. The number of aromatic amines is 1. The Morgan fingerprint density at radius 3 is 2.48 bits per heavy atom. The first-order valence-electron chi connectivity index (χ1n) is 10.6. The van der Waals surface area contributed by atoms with Crippen molar-refractivity contribution in [3.8, 4) is 22.8 Å². The number of hydrogen-bond acceptors (Lipinski definition) is 4. The first-order valence-corrected chi connectivity index (χ1v) is 10.9. The van der Waals surface area contributed by atoms with Crippen molar-refractivity contribution >= 4 is 17.4 Å². The van der Waals surface area contributed by atoms with Gasteiger partial charge in [0.05, 0.1) is 5.02 Å². The number of nitrogens with one attached hydrogen (secondary N) is 1. The largest absolute Gasteiger partial charge is 0.348 e. The summed E-state index contributed by atoms with van der Waals surface area (Å²) in [6.45, 7) is 7.89. The lowest BCUT2D eigenvalue weighted by Gasteiger charge is -2.16. The molecule has 0 spiro atoms. The summed E-state index contributed by atoms with van der Waals surface area (Å²) >= 11 is 6.43. The highest BCUT2D eigenvalue weighted by Gasteiger charge is 2.20. The fraction of sp³-hybridized carbons (Fsp3) is 0.360. The van der Waals surface area contributed by atoms with Crippen LogP contribution in [0.25, 0.3) is 22.8 Å². The van der Waals surface area contributed by atoms with Gasteiger partial charge in [-0.2, -0.15) is 4.98 Å². The second kappa shape index (κ2) is 9.56. The van der Waals surface area contributed by atoms with Gasteiger partial charge in [-0.1, -0.05) is 70.0 Å². The van der Waals surface area contributed by atoms with Gasteiger partial charge < -0.3 is 0 Å². The second-order valence-corrected chi connectivity index (χ2v) is 9.17. The Bertz CT molecular complexity index is 1150. The van der Waals surface area contributed by atoms with Crippen LogP contribution >= 0.6 is 11.6 Å². The molecule has 0 radical (unpaired) electrons. The van der Waals surface area contributed by atoms with Crippen LogP contribution in [0.4, 0.5) is 0 Å². The lowest BCUT2D eigenvalue weighted by molar-refractivity contribution is -0.126. The zero-order valence-electron chi connectivity index (χ0n) is 18.5. The highest BCUT2D eigenvalue weighted by Crippen LogP contribution is 2.28. The molecule has 0 aliphatic heterocycles. The Hall–Kier alpha value is -2.79. The van der Waals surface area contributed by atoms with Crippen molar-refractivity contribution < 1.29 is 4.79 Å². The van der Waals surface area contributed by atoms with E-state index in [9.17, 15) is 9.59 Å². The first kappa shape index (κ1) is 22.9. The van der Waals surface area contributed by atoms with Crippen molar-refractivity contribution in [1.29, 1.82) is 0 Å². The fourth-order valence-electron chi connectivity index (χ4n) is 3.34. The van der Waals surface area contributed by atoms with Gasteiger partial charge in [0.15, 0.2) is 5.82 Å². The van der Waals surface area contributed by atoms with Crippen LogP contribution in [-0.4, -0.2) is 20.7 Å². The molecule has 1 heterocycles. The molecule has 0 atom stereocenters. The predicted octanol–water partition coefficient (Wildman–Crippen LogP) is 5.65. The van der Waals surface area contributed by atoms with Crippen LogP contribution in [0, 0.1) is 5.41 Å². The molecule has 3 rings (SSSR count). The van der Waals surface area contributed by atoms with Crippen LogP contribution in [0.1, 0.15) is 51.7 Å². The average Bonchev–Trinajstić information content (AvgIpc) is 2.72. The van der Waals surface area contributed by atoms with Crippen molar-refractivity contribution in [3.63, 3.8) is 0 Å². The summed E-state index contributed by atoms with van der Waals surface area (Å²) in [5, 5.41) is 0.478. The van der Waals surface area contributed by atoms with Crippen LogP contribution in [0.15, 0.2) is 47.3 Å². The number of benzene rings is 2. The van der Waals surface area contributed by atoms with E-state index >= 15 is 0 Å². The summed E-state index contributed by atoms with van der Waals surface area (Å²) in [6.07, 6.45) is 3.03. The third-order valence-corrected chi connectivity index (χ3v) is 5.47. The number of H-pyrrole nitrogens is 1. The molecule has 0 amide bonds. The Balaban J connectivity index is 1.95. The summed E-state index contributed by atoms with van der Waals surface area (Å²) in [4.78, 5) is 35.9. The van der Waals surface area contributed by atoms with Crippen molar-refractivity contribution in [1.82, 2.24) is 15.0 Å². The molecule has 162 valence electrons. The van der Waals surface area contributed by atoms with Gasteiger partial charge in [-0.15, -0.1) is 0 Å². The molecule has 0 saturated heterocycles. The monoisotopic (exact) mass is 437 g/mol. The molecule has 0 fully saturated rings. The number of hydrogen-bond donors (Lipinski definition) is 1. The maximum atomic E-state index is 12.3. The number of carbonyl (C=O) groups is 1. The average molecular weight is 438 g/mol. The minimum atomic E-state index is -0.481. The van der Waals surface area contributed by atoms with Crippen molar-refractivity contribution in [2.75, 3.05) is 0 Å². The van der Waals surface area contributed by atoms with Gasteiger partial charge in [-0.25, -0.2) is 9.78 Å². The molecule has 31 heavy (non-hydrogen) atoms. The van der Waals surface area contributed by atoms with E-state index in [2.05, 4.69) is 27.9 Å². The van der Waals surface area contributed by atoms with E-state index < -0.39 is 5.69 Å². The molecule has 6 heteroatoms. The maximum absolute atomic E-state index is 12.3. The van der Waals surface area contributed by atoms with Crippen LogP contribution in [0.2, 0.25) is 5.02 Å². The molecule has 0 aliphatic carbocycles. The molecule has 1 aromatic heterocycles. The molecule has 3 aromatic rings. The number of Topliss-reactive ketones (excluding diaryl/α,β-unsaturated/α-hetero) is 1. The molecule has 0 bridgehead atoms. The van der Waals surface area contributed by atoms with Crippen LogP contribution < -0.4 is 5.69 Å². The zero-order valence-corrected chi connectivity index (χ0v) is 19.2. The van der Waals surface area contributed by atoms with Gasteiger partial charge in [-0.3, -0.25) is 9.78 Å². The van der Waals surface area contributed by atoms with E-state index in [1.165, 1.54) is 5.56 Å². The van der Waals surface area contributed by atoms with Crippen molar-refractivity contribution in [3.05, 3.63) is 69.1 Å². The minimum Gasteiger partial charge on any atom is -0.299 e. The number of rotatable bonds is 7. The number of halogens is 1. The van der Waals surface area contributed by atoms with Gasteiger partial charge in [-0.05, 0) is 42.2 Å². The Kier molecular flexibility index (Phi) is 7.06. The number of ketones is 1. The highest BCUT2D eigenvalue weighted by molar-refractivity contribution is 6.33. The maximum Gasteiger partial charge on any atom is 0.348 e. The summed E-state index contributed by atoms with van der Waals surface area (Å²) in [5.41, 5.74) is 2.70. The van der Waals surface area contributed by atoms with Gasteiger partial charge in [0.2, 0.25) is 0 Å². The smallest absolute Gasteiger partial charge is 0.299 e. The predicted molar refractivity (Wildman–Crippen MR) is 125 cm³/mol. The Morgan fingerprint density at radius 1 is 1.03 bits per heavy atom. The third-order valence-electron chi connectivity index (χ3n) is 5.14. The highest BCUT2D eigenvalue weighted by atomic mass is 35.5. The molecule has 1 N–H and O–H groups in total. The van der Waals surface area contributed by atoms with Gasteiger partial charge in [0, 0.05) is 23.0 Å². The van der Waals surface area contributed by atoms with Crippen LogP contribution in [0.3, 0.4) is 0 Å². The summed E-state index contributed by atoms with van der Waals surface area (Å²) in [6, 6.07) is 13.5. The van der Waals surface area contributed by atoms with E-state index in [1.807, 2.05) is 51.1 Å². The molecular weight excluding hydrogens is 410 g/mol. The van der Waals surface area contributed by atoms with E-state index in [4.69, 9.17) is 11.6 Å². The summed E-state index contributed by atoms with van der Waals surface area (Å²) in [5.74, 6) is 0.930. The van der Waals surface area contributed by atoms with E-state index in [-0.39, 0.29) is 11.2 Å². The minimum absolute atomic E-state index is 0.202. The van der Waals surface area contributed by atoms with E-state index in [0.29, 0.717) is 35.1 Å². The molecule has 0 saturated carbocycles. The standard InChI is InChI=1S/C25H28ClN3O2/c1-5-7-16-8-6-9-18(14-16)22-27-23(29-24(31)28-22)19-15-17(10-12-20(19)26)11-13-21(30)25(2,3)4/h6,8-10,12,14-15H,5,7,11,13H2,1-4H3,(H,27,28,29,31). The topological polar surface area (TPSA) is 75.7 Å². The SMILES string of the molecule is CCCc1cccc(-c2nc(-c3cc(CCC(=O)C(C)(C)C)ccc3Cl)[nH]c(=O)n2)c1. The van der Waals surface area contributed by atoms with Crippen LogP contribution in [-0.2, 0) is 17.6 Å². The van der Waals surface area contributed by atoms with Crippen LogP contribution in [0.5, 0.6) is 0 Å². The van der Waals surface area contributed by atoms with Crippen molar-refractivity contribution in [2.45, 2.75) is 53.4 Å². The second-order valence-electron chi connectivity index (χ2n) is 8.76. The Labute approximate surface area is 187 Å². The van der Waals surface area contributed by atoms with E-state index in [0.717, 1.165) is 24.0 Å². The first-order chi connectivity index (χ1) is 14.7. The van der Waals surface area contributed by atoms with Crippen molar-refractivity contribution in [2.24, 2.45) is 5.41 Å². The molecule has 5 nitrogen and oxygen atoms in total. The van der Waals surface area contributed by atoms with Gasteiger partial charge in [0.1, 0.15) is 11.6 Å². The fourth-order valence-corrected chi connectivity index (χ4v) is 3.54. The lowest BCUT2D eigenvalue weighted by Crippen LogP contribution is -2.20. The number of nitrogens with zero attached hydrogens (tertiary/aromatic N) is 2. The number of aromatic nitrogens is 3. The quantitative estimate of drug-likeness (QED) is 0.518. The normalized spacial score (nSPS) is 11.5. The number of aryl methyl sites for hydroxylation is 2. The lowest BCUT2D eigenvalue weighted by atomic mass is 9.87. The third kappa shape index (κ3) is 5.88. The summed E-state index contributed by atoms with van der Waals surface area (Å²) < 4.78 is 0. The van der Waals surface area contributed by atoms with Gasteiger partial charge in [0.25, 0.3) is 0 Å². The Morgan fingerprint density at radius 2 is 1.77 bits per heavy atom. The molecule has 2 aromatic carbocycles. The molecule has 0 aliphatic rings. The zero-order chi connectivity index (χ0) is 22.6. The molecule has 0 unspecified atom stereocenters.